The summed E-state index contributed by atoms with van der Waals surface area (Å²) in [6.45, 7) is 8.01. The molecule has 0 saturated heterocycles. The van der Waals surface area contributed by atoms with Crippen molar-refractivity contribution in [1.82, 2.24) is 4.98 Å². The quantitative estimate of drug-likeness (QED) is 0.820. The first-order valence-electron chi connectivity index (χ1n) is 5.42. The molecule has 1 heterocycles. The Bertz CT molecular complexity index is 321. The predicted octanol–water partition coefficient (Wildman–Crippen LogP) is 1.94. The second kappa shape index (κ2) is 5.12. The third-order valence-corrected chi connectivity index (χ3v) is 2.43. The largest absolute Gasteiger partial charge is 0.359 e. The zero-order valence-corrected chi connectivity index (χ0v) is 10.1. The maximum atomic E-state index is 5.60. The molecule has 0 radical (unpaired) electrons. The van der Waals surface area contributed by atoms with Gasteiger partial charge in [-0.2, -0.15) is 0 Å². The summed E-state index contributed by atoms with van der Waals surface area (Å²) in [5.74, 6) is 1.67. The first-order chi connectivity index (χ1) is 7.04. The van der Waals surface area contributed by atoms with E-state index in [1.165, 1.54) is 0 Å². The predicted molar refractivity (Wildman–Crippen MR) is 65.0 cm³/mol. The van der Waals surface area contributed by atoms with Crippen LogP contribution in [0.25, 0.3) is 0 Å². The van der Waals surface area contributed by atoms with E-state index in [4.69, 9.17) is 5.73 Å². The van der Waals surface area contributed by atoms with Gasteiger partial charge in [0.25, 0.3) is 0 Å². The molecule has 84 valence electrons. The van der Waals surface area contributed by atoms with E-state index in [0.717, 1.165) is 23.6 Å². The van der Waals surface area contributed by atoms with Crippen LogP contribution in [0.4, 0.5) is 5.82 Å². The van der Waals surface area contributed by atoms with Crippen molar-refractivity contribution in [3.8, 4) is 0 Å². The number of nitrogens with two attached hydrogens (primary N) is 1. The molecule has 0 aliphatic heterocycles. The van der Waals surface area contributed by atoms with Crippen molar-refractivity contribution in [3.05, 3.63) is 23.4 Å². The van der Waals surface area contributed by atoms with E-state index in [-0.39, 0.29) is 0 Å². The molecule has 1 aromatic rings. The summed E-state index contributed by atoms with van der Waals surface area (Å²) >= 11 is 0. The zero-order chi connectivity index (χ0) is 11.4. The highest BCUT2D eigenvalue weighted by molar-refractivity contribution is 5.40. The number of nitrogens with zero attached hydrogens (tertiary/aromatic N) is 2. The number of pyridine rings is 1. The van der Waals surface area contributed by atoms with E-state index in [1.54, 1.807) is 0 Å². The lowest BCUT2D eigenvalue weighted by Gasteiger charge is -2.21. The van der Waals surface area contributed by atoms with Crippen LogP contribution < -0.4 is 10.6 Å². The average molecular weight is 207 g/mol. The van der Waals surface area contributed by atoms with Gasteiger partial charge < -0.3 is 10.6 Å². The van der Waals surface area contributed by atoms with Crippen molar-refractivity contribution in [2.24, 2.45) is 11.7 Å². The second-order valence-corrected chi connectivity index (χ2v) is 4.39. The van der Waals surface area contributed by atoms with Crippen molar-refractivity contribution < 1.29 is 0 Å². The molecule has 0 aliphatic rings. The van der Waals surface area contributed by atoms with Crippen LogP contribution in [0.15, 0.2) is 12.1 Å². The lowest BCUT2D eigenvalue weighted by atomic mass is 10.2. The average Bonchev–Trinajstić information content (AvgIpc) is 2.16. The Morgan fingerprint density at radius 1 is 1.40 bits per heavy atom. The summed E-state index contributed by atoms with van der Waals surface area (Å²) in [6, 6.07) is 4.10. The Hall–Kier alpha value is -1.09. The van der Waals surface area contributed by atoms with E-state index in [9.17, 15) is 0 Å². The molecule has 0 atom stereocenters. The van der Waals surface area contributed by atoms with Crippen molar-refractivity contribution >= 4 is 5.82 Å². The van der Waals surface area contributed by atoms with E-state index in [2.05, 4.69) is 36.8 Å². The lowest BCUT2D eigenvalue weighted by Crippen LogP contribution is -2.23. The van der Waals surface area contributed by atoms with Gasteiger partial charge in [-0.05, 0) is 24.5 Å². The highest BCUT2D eigenvalue weighted by atomic mass is 15.2. The Labute approximate surface area is 92.3 Å². The number of aryl methyl sites for hydroxylation is 1. The van der Waals surface area contributed by atoms with E-state index < -0.39 is 0 Å². The first-order valence-corrected chi connectivity index (χ1v) is 5.42. The smallest absolute Gasteiger partial charge is 0.128 e. The molecule has 2 N–H and O–H groups in total. The maximum Gasteiger partial charge on any atom is 0.128 e. The van der Waals surface area contributed by atoms with Gasteiger partial charge in [0.1, 0.15) is 5.82 Å². The van der Waals surface area contributed by atoms with E-state index in [1.807, 2.05) is 13.0 Å². The van der Waals surface area contributed by atoms with Crippen LogP contribution in [0.5, 0.6) is 0 Å². The van der Waals surface area contributed by atoms with Gasteiger partial charge in [-0.25, -0.2) is 4.98 Å². The van der Waals surface area contributed by atoms with Crippen molar-refractivity contribution in [1.29, 1.82) is 0 Å². The van der Waals surface area contributed by atoms with Gasteiger partial charge in [0.2, 0.25) is 0 Å². The molecular weight excluding hydrogens is 186 g/mol. The van der Waals surface area contributed by atoms with Crippen LogP contribution in [0.3, 0.4) is 0 Å². The van der Waals surface area contributed by atoms with Crippen LogP contribution in [0.2, 0.25) is 0 Å². The summed E-state index contributed by atoms with van der Waals surface area (Å²) in [7, 11) is 2.07. The maximum absolute atomic E-state index is 5.60. The van der Waals surface area contributed by atoms with Gasteiger partial charge in [0, 0.05) is 25.8 Å². The number of aromatic nitrogens is 1. The number of hydrogen-bond donors (Lipinski definition) is 1. The summed E-state index contributed by atoms with van der Waals surface area (Å²) in [5.41, 5.74) is 7.76. The van der Waals surface area contributed by atoms with Gasteiger partial charge >= 0.3 is 0 Å². The fourth-order valence-corrected chi connectivity index (χ4v) is 1.65. The lowest BCUT2D eigenvalue weighted by molar-refractivity contribution is 0.634. The van der Waals surface area contributed by atoms with Gasteiger partial charge in [0.05, 0.1) is 0 Å². The minimum atomic E-state index is 0.563. The highest BCUT2D eigenvalue weighted by Crippen LogP contribution is 2.14. The van der Waals surface area contributed by atoms with Crippen LogP contribution in [-0.2, 0) is 6.54 Å². The number of rotatable bonds is 4. The highest BCUT2D eigenvalue weighted by Gasteiger charge is 2.06. The zero-order valence-electron chi connectivity index (χ0n) is 10.1. The minimum absolute atomic E-state index is 0.563. The summed E-state index contributed by atoms with van der Waals surface area (Å²) in [5, 5.41) is 0. The molecule has 0 aromatic carbocycles. The molecule has 1 aromatic heterocycles. The second-order valence-electron chi connectivity index (χ2n) is 4.39. The summed E-state index contributed by atoms with van der Waals surface area (Å²) in [6.07, 6.45) is 0. The van der Waals surface area contributed by atoms with Crippen molar-refractivity contribution in [2.45, 2.75) is 27.3 Å². The SMILES string of the molecule is Cc1nc(N(C)CC(C)C)ccc1CN. The Morgan fingerprint density at radius 2 is 2.07 bits per heavy atom. The first kappa shape index (κ1) is 12.0. The number of hydrogen-bond acceptors (Lipinski definition) is 3. The molecule has 0 fully saturated rings. The van der Waals surface area contributed by atoms with Crippen molar-refractivity contribution in [3.63, 3.8) is 0 Å². The third-order valence-electron chi connectivity index (χ3n) is 2.43. The molecule has 0 bridgehead atoms. The van der Waals surface area contributed by atoms with Crippen LogP contribution in [-0.4, -0.2) is 18.6 Å². The fraction of sp³-hybridized carbons (Fsp3) is 0.583. The monoisotopic (exact) mass is 207 g/mol. The summed E-state index contributed by atoms with van der Waals surface area (Å²) < 4.78 is 0. The van der Waals surface area contributed by atoms with E-state index in [0.29, 0.717) is 12.5 Å². The minimum Gasteiger partial charge on any atom is -0.359 e. The molecule has 3 heteroatoms. The Kier molecular flexibility index (Phi) is 4.09. The number of anilines is 1. The van der Waals surface area contributed by atoms with Crippen molar-refractivity contribution in [2.75, 3.05) is 18.5 Å². The van der Waals surface area contributed by atoms with Gasteiger partial charge in [-0.1, -0.05) is 19.9 Å². The Morgan fingerprint density at radius 3 is 2.53 bits per heavy atom. The van der Waals surface area contributed by atoms with Crippen LogP contribution in [0.1, 0.15) is 25.1 Å². The van der Waals surface area contributed by atoms with Crippen LogP contribution >= 0.6 is 0 Å². The van der Waals surface area contributed by atoms with E-state index >= 15 is 0 Å². The molecule has 0 amide bonds. The molecule has 0 aliphatic carbocycles. The molecular formula is C12H21N3. The molecule has 0 spiro atoms. The normalized spacial score (nSPS) is 10.8. The third kappa shape index (κ3) is 3.20. The Balaban J connectivity index is 2.82. The van der Waals surface area contributed by atoms with Gasteiger partial charge in [-0.15, -0.1) is 0 Å². The molecule has 15 heavy (non-hydrogen) atoms. The fourth-order valence-electron chi connectivity index (χ4n) is 1.65. The van der Waals surface area contributed by atoms with Gasteiger partial charge in [0.15, 0.2) is 0 Å². The standard InChI is InChI=1S/C12H21N3/c1-9(2)8-15(4)12-6-5-11(7-13)10(3)14-12/h5-6,9H,7-8,13H2,1-4H3. The van der Waals surface area contributed by atoms with Crippen LogP contribution in [0, 0.1) is 12.8 Å². The topological polar surface area (TPSA) is 42.2 Å². The molecule has 3 nitrogen and oxygen atoms in total. The molecule has 1 rings (SSSR count). The van der Waals surface area contributed by atoms with Gasteiger partial charge in [-0.3, -0.25) is 0 Å². The summed E-state index contributed by atoms with van der Waals surface area (Å²) in [4.78, 5) is 6.72. The molecule has 0 saturated carbocycles. The molecule has 0 unspecified atom stereocenters.